The minimum absolute atomic E-state index is 0.0140. The maximum Gasteiger partial charge on any atom is 0.212 e. The van der Waals surface area contributed by atoms with Crippen LogP contribution in [-0.4, -0.2) is 36.8 Å². The van der Waals surface area contributed by atoms with E-state index in [1.807, 2.05) is 0 Å². The highest BCUT2D eigenvalue weighted by Crippen LogP contribution is 2.34. The van der Waals surface area contributed by atoms with Crippen LogP contribution >= 0.6 is 0 Å². The number of halogens is 1. The maximum absolute atomic E-state index is 14.9. The molecule has 0 aliphatic heterocycles. The third-order valence-electron chi connectivity index (χ3n) is 4.24. The molecule has 8 nitrogen and oxygen atoms in total. The first-order valence-corrected chi connectivity index (χ1v) is 7.72. The van der Waals surface area contributed by atoms with Crippen LogP contribution in [0.2, 0.25) is 0 Å². The molecule has 0 saturated heterocycles. The summed E-state index contributed by atoms with van der Waals surface area (Å²) in [6.07, 6.45) is 6.90. The highest BCUT2D eigenvalue weighted by atomic mass is 19.1. The summed E-state index contributed by atoms with van der Waals surface area (Å²) in [5.41, 5.74) is 2.19. The van der Waals surface area contributed by atoms with Crippen molar-refractivity contribution in [2.45, 2.75) is 13.8 Å². The van der Waals surface area contributed by atoms with Crippen LogP contribution < -0.4 is 5.32 Å². The molecule has 0 radical (unpaired) electrons. The minimum atomic E-state index is -0.597. The van der Waals surface area contributed by atoms with Crippen LogP contribution in [0.1, 0.15) is 22.8 Å². The molecule has 0 unspecified atom stereocenters. The Balaban J connectivity index is 2.00. The summed E-state index contributed by atoms with van der Waals surface area (Å²) in [5, 5.41) is 9.74. The molecular weight excluding hydrogens is 339 g/mol. The lowest BCUT2D eigenvalue weighted by atomic mass is 9.95. The number of hydrogen-bond donors (Lipinski definition) is 2. The van der Waals surface area contributed by atoms with Gasteiger partial charge in [-0.1, -0.05) is 0 Å². The Morgan fingerprint density at radius 3 is 2.88 bits per heavy atom. The van der Waals surface area contributed by atoms with Crippen LogP contribution in [0.3, 0.4) is 0 Å². The summed E-state index contributed by atoms with van der Waals surface area (Å²) in [6, 6.07) is 0. The van der Waals surface area contributed by atoms with Crippen molar-refractivity contribution in [2.24, 2.45) is 0 Å². The quantitative estimate of drug-likeness (QED) is 0.434. The Hall–Kier alpha value is -3.62. The Morgan fingerprint density at radius 1 is 1.35 bits per heavy atom. The van der Waals surface area contributed by atoms with Gasteiger partial charge in [-0.15, -0.1) is 0 Å². The molecule has 9 heteroatoms. The molecule has 26 heavy (non-hydrogen) atoms. The summed E-state index contributed by atoms with van der Waals surface area (Å²) in [6.45, 7) is 2.91. The fourth-order valence-corrected chi connectivity index (χ4v) is 3.09. The number of benzene rings is 1. The predicted octanol–water partition coefficient (Wildman–Crippen LogP) is 2.49. The number of rotatable bonds is 4. The number of Topliss-reactive ketones (excluding diaryl/α,β-unsaturated/α-hetero) is 1. The Morgan fingerprint density at radius 2 is 2.15 bits per heavy atom. The van der Waals surface area contributed by atoms with Gasteiger partial charge in [0, 0.05) is 17.1 Å². The molecule has 4 aromatic rings. The van der Waals surface area contributed by atoms with Gasteiger partial charge in [-0.05, 0) is 19.4 Å². The topological polar surface area (TPSA) is 105 Å². The number of fused-ring (bicyclic) bond motifs is 2. The molecule has 2 N–H and O–H groups in total. The normalized spacial score (nSPS) is 11.2. The summed E-state index contributed by atoms with van der Waals surface area (Å²) in [7, 11) is 0. The van der Waals surface area contributed by atoms with Crippen LogP contribution in [0, 0.1) is 12.7 Å². The van der Waals surface area contributed by atoms with E-state index in [4.69, 9.17) is 0 Å². The lowest BCUT2D eigenvalue weighted by molar-refractivity contribution is -0.105. The number of carbonyl (C=O) groups excluding carboxylic acids is 2. The van der Waals surface area contributed by atoms with Gasteiger partial charge in [-0.25, -0.2) is 9.37 Å². The highest BCUT2D eigenvalue weighted by molar-refractivity contribution is 6.10. The number of nitrogens with one attached hydrogen (secondary N) is 2. The van der Waals surface area contributed by atoms with Crippen LogP contribution in [-0.2, 0) is 4.79 Å². The molecule has 0 spiro atoms. The van der Waals surface area contributed by atoms with Crippen molar-refractivity contribution in [3.63, 3.8) is 0 Å². The molecule has 0 aliphatic rings. The number of ketones is 1. The van der Waals surface area contributed by atoms with Crippen LogP contribution in [0.25, 0.3) is 27.8 Å². The van der Waals surface area contributed by atoms with Crippen molar-refractivity contribution in [2.75, 3.05) is 5.32 Å². The Kier molecular flexibility index (Phi) is 3.50. The number of hydrogen-bond acceptors (Lipinski definition) is 5. The van der Waals surface area contributed by atoms with Crippen LogP contribution in [0.4, 0.5) is 10.2 Å². The number of imidazole rings is 1. The van der Waals surface area contributed by atoms with Crippen molar-refractivity contribution in [3.05, 3.63) is 41.7 Å². The molecule has 130 valence electrons. The van der Waals surface area contributed by atoms with Crippen LogP contribution in [0.15, 0.2) is 24.8 Å². The van der Waals surface area contributed by atoms with E-state index in [1.54, 1.807) is 29.9 Å². The smallest absolute Gasteiger partial charge is 0.212 e. The van der Waals surface area contributed by atoms with Gasteiger partial charge in [0.1, 0.15) is 5.82 Å². The maximum atomic E-state index is 14.9. The summed E-state index contributed by atoms with van der Waals surface area (Å²) >= 11 is 0. The van der Waals surface area contributed by atoms with Crippen molar-refractivity contribution >= 4 is 34.6 Å². The molecule has 0 fully saturated rings. The zero-order valence-corrected chi connectivity index (χ0v) is 13.9. The van der Waals surface area contributed by atoms with E-state index >= 15 is 0 Å². The number of nitrogens with zero attached hydrogens (tertiary/aromatic N) is 4. The van der Waals surface area contributed by atoms with Crippen molar-refractivity contribution < 1.29 is 14.0 Å². The summed E-state index contributed by atoms with van der Waals surface area (Å²) in [5.74, 6) is -0.601. The largest absolute Gasteiger partial charge is 0.312 e. The monoisotopic (exact) mass is 352 g/mol. The zero-order valence-electron chi connectivity index (χ0n) is 13.9. The van der Waals surface area contributed by atoms with Gasteiger partial charge in [-0.2, -0.15) is 5.10 Å². The van der Waals surface area contributed by atoms with E-state index in [1.165, 1.54) is 13.1 Å². The lowest BCUT2D eigenvalue weighted by Gasteiger charge is -2.12. The first-order valence-electron chi connectivity index (χ1n) is 7.72. The average molecular weight is 352 g/mol. The Labute approximate surface area is 146 Å². The molecule has 1 aromatic carbocycles. The third-order valence-corrected chi connectivity index (χ3v) is 4.24. The fourth-order valence-electron chi connectivity index (χ4n) is 3.09. The van der Waals surface area contributed by atoms with Crippen LogP contribution in [0.5, 0.6) is 0 Å². The number of H-pyrrole nitrogens is 1. The molecule has 1 amide bonds. The molecule has 0 aliphatic carbocycles. The minimum Gasteiger partial charge on any atom is -0.312 e. The standard InChI is InChI=1S/C17H13FN6O2/c1-8-14(10-3-21-23-17(10)15(9(2)26)16(8)18)11-5-24-6-12(20-7-25)22-13(24)4-19-11/h3-7H,1-2H3,(H,20,25)(H,21,23). The summed E-state index contributed by atoms with van der Waals surface area (Å²) < 4.78 is 16.5. The van der Waals surface area contributed by atoms with Crippen molar-refractivity contribution in [1.29, 1.82) is 0 Å². The number of aromatic nitrogens is 5. The fraction of sp³-hybridized carbons (Fsp3) is 0.118. The van der Waals surface area contributed by atoms with Gasteiger partial charge in [0.25, 0.3) is 0 Å². The molecule has 0 bridgehead atoms. The van der Waals surface area contributed by atoms with E-state index in [0.29, 0.717) is 45.6 Å². The van der Waals surface area contributed by atoms with E-state index < -0.39 is 5.82 Å². The molecule has 0 saturated carbocycles. The van der Waals surface area contributed by atoms with E-state index in [0.717, 1.165) is 0 Å². The van der Waals surface area contributed by atoms with E-state index in [9.17, 15) is 14.0 Å². The second kappa shape index (κ2) is 5.73. The number of carbonyl (C=O) groups is 2. The van der Waals surface area contributed by atoms with Gasteiger partial charge in [0.2, 0.25) is 6.41 Å². The molecule has 3 heterocycles. The number of aromatic amines is 1. The molecule has 4 rings (SSSR count). The van der Waals surface area contributed by atoms with Gasteiger partial charge in [0.15, 0.2) is 17.2 Å². The zero-order chi connectivity index (χ0) is 18.4. The van der Waals surface area contributed by atoms with Crippen molar-refractivity contribution in [3.8, 4) is 11.3 Å². The third kappa shape index (κ3) is 2.25. The first-order chi connectivity index (χ1) is 12.5. The second-order valence-corrected chi connectivity index (χ2v) is 5.83. The SMILES string of the molecule is CC(=O)c1c(F)c(C)c(-c2cn3cc(NC=O)nc3cn2)c2cn[nH]c12. The number of amides is 1. The molecule has 0 atom stereocenters. The lowest BCUT2D eigenvalue weighted by Crippen LogP contribution is -2.04. The van der Waals surface area contributed by atoms with E-state index in [-0.39, 0.29) is 11.3 Å². The van der Waals surface area contributed by atoms with Gasteiger partial charge >= 0.3 is 0 Å². The van der Waals surface area contributed by atoms with Gasteiger partial charge < -0.3 is 9.72 Å². The Bertz CT molecular complexity index is 1190. The summed E-state index contributed by atoms with van der Waals surface area (Å²) in [4.78, 5) is 31.0. The molecule has 3 aromatic heterocycles. The van der Waals surface area contributed by atoms with Gasteiger partial charge in [0.05, 0.1) is 35.4 Å². The highest BCUT2D eigenvalue weighted by Gasteiger charge is 2.23. The number of anilines is 1. The first kappa shape index (κ1) is 15.9. The van der Waals surface area contributed by atoms with Gasteiger partial charge in [-0.3, -0.25) is 19.7 Å². The second-order valence-electron chi connectivity index (χ2n) is 5.83. The average Bonchev–Trinajstić information content (AvgIpc) is 3.21. The predicted molar refractivity (Wildman–Crippen MR) is 92.5 cm³/mol. The molecular formula is C17H13FN6O2. The van der Waals surface area contributed by atoms with Crippen molar-refractivity contribution in [1.82, 2.24) is 24.6 Å². The van der Waals surface area contributed by atoms with E-state index in [2.05, 4.69) is 25.5 Å².